The highest BCUT2D eigenvalue weighted by Crippen LogP contribution is 2.10. The summed E-state index contributed by atoms with van der Waals surface area (Å²) in [5.41, 5.74) is 0.484. The van der Waals surface area contributed by atoms with Crippen LogP contribution in [0.2, 0.25) is 0 Å². The molecule has 1 aliphatic rings. The average Bonchev–Trinajstić information content (AvgIpc) is 2.33. The molecule has 3 heteroatoms. The van der Waals surface area contributed by atoms with Crippen molar-refractivity contribution < 1.29 is 0 Å². The van der Waals surface area contributed by atoms with Gasteiger partial charge in [0.1, 0.15) is 11.8 Å². The molecule has 0 saturated carbocycles. The van der Waals surface area contributed by atoms with Gasteiger partial charge in [0.15, 0.2) is 6.19 Å². The number of nitriles is 2. The Kier molecular flexibility index (Phi) is 1.38. The maximum atomic E-state index is 8.36. The van der Waals surface area contributed by atoms with Crippen molar-refractivity contribution in [3.8, 4) is 12.3 Å². The largest absolute Gasteiger partial charge is 0.270 e. The molecule has 9 heavy (non-hydrogen) atoms. The summed E-state index contributed by atoms with van der Waals surface area (Å²) in [4.78, 5) is 1.39. The summed E-state index contributed by atoms with van der Waals surface area (Å²) < 4.78 is 0. The molecule has 1 rings (SSSR count). The normalized spacial score (nSPS) is 16.2. The Balaban J connectivity index is 2.74. The van der Waals surface area contributed by atoms with E-state index in [0.29, 0.717) is 12.2 Å². The molecule has 1 heterocycles. The van der Waals surface area contributed by atoms with E-state index in [1.807, 2.05) is 12.3 Å². The number of hydrogen-bond acceptors (Lipinski definition) is 3. The summed E-state index contributed by atoms with van der Waals surface area (Å²) in [6.45, 7) is 0.666. The van der Waals surface area contributed by atoms with Gasteiger partial charge in [0, 0.05) is 6.54 Å². The second kappa shape index (κ2) is 2.19. The van der Waals surface area contributed by atoms with Crippen LogP contribution in [0.5, 0.6) is 0 Å². The predicted molar refractivity (Wildman–Crippen MR) is 30.6 cm³/mol. The van der Waals surface area contributed by atoms with Gasteiger partial charge in [-0.05, 0) is 12.5 Å². The van der Waals surface area contributed by atoms with Crippen LogP contribution in [0, 0.1) is 22.8 Å². The Labute approximate surface area is 53.4 Å². The van der Waals surface area contributed by atoms with E-state index in [0.717, 1.165) is 6.42 Å². The first-order valence-electron chi connectivity index (χ1n) is 2.66. The Morgan fingerprint density at radius 1 is 1.56 bits per heavy atom. The van der Waals surface area contributed by atoms with Crippen molar-refractivity contribution in [3.63, 3.8) is 0 Å². The van der Waals surface area contributed by atoms with Gasteiger partial charge in [-0.25, -0.2) is 0 Å². The lowest BCUT2D eigenvalue weighted by Gasteiger charge is -2.02. The van der Waals surface area contributed by atoms with Crippen LogP contribution in [0.4, 0.5) is 0 Å². The zero-order valence-electron chi connectivity index (χ0n) is 4.83. The zero-order chi connectivity index (χ0) is 6.69. The molecule has 0 amide bonds. The highest BCUT2D eigenvalue weighted by atomic mass is 15.1. The van der Waals surface area contributed by atoms with E-state index < -0.39 is 0 Å². The third-order valence-electron chi connectivity index (χ3n) is 1.22. The van der Waals surface area contributed by atoms with Crippen LogP contribution < -0.4 is 0 Å². The maximum absolute atomic E-state index is 8.36. The molecule has 0 atom stereocenters. The molecule has 0 bridgehead atoms. The predicted octanol–water partition coefficient (Wildman–Crippen LogP) is 0.581. The number of nitrogens with zero attached hydrogens (tertiary/aromatic N) is 3. The van der Waals surface area contributed by atoms with Gasteiger partial charge in [0.05, 0.1) is 0 Å². The summed E-state index contributed by atoms with van der Waals surface area (Å²) >= 11 is 0. The molecular weight excluding hydrogens is 114 g/mol. The third kappa shape index (κ3) is 0.850. The van der Waals surface area contributed by atoms with Crippen LogP contribution in [0.3, 0.4) is 0 Å². The van der Waals surface area contributed by atoms with Crippen LogP contribution in [-0.4, -0.2) is 11.4 Å². The Morgan fingerprint density at radius 2 is 2.33 bits per heavy atom. The van der Waals surface area contributed by atoms with Crippen LogP contribution in [-0.2, 0) is 0 Å². The average molecular weight is 119 g/mol. The van der Waals surface area contributed by atoms with Gasteiger partial charge in [0.25, 0.3) is 0 Å². The topological polar surface area (TPSA) is 50.8 Å². The van der Waals surface area contributed by atoms with Crippen molar-refractivity contribution in [1.82, 2.24) is 4.90 Å². The maximum Gasteiger partial charge on any atom is 0.184 e. The number of allylic oxidation sites excluding steroid dienone is 1. The fraction of sp³-hybridized carbons (Fsp3) is 0.333. The standard InChI is InChI=1S/C6H5N3/c7-4-6-2-1-3-9(6)5-8/h2H,1,3H2. The Hall–Kier alpha value is -1.48. The van der Waals surface area contributed by atoms with Gasteiger partial charge in [-0.1, -0.05) is 0 Å². The summed E-state index contributed by atoms with van der Waals surface area (Å²) in [6.07, 6.45) is 4.49. The summed E-state index contributed by atoms with van der Waals surface area (Å²) in [7, 11) is 0. The molecule has 1 aliphatic heterocycles. The highest BCUT2D eigenvalue weighted by Gasteiger charge is 2.12. The van der Waals surface area contributed by atoms with E-state index in [1.54, 1.807) is 6.08 Å². The van der Waals surface area contributed by atoms with Crippen LogP contribution in [0.1, 0.15) is 6.42 Å². The smallest absolute Gasteiger partial charge is 0.184 e. The lowest BCUT2D eigenvalue weighted by molar-refractivity contribution is 0.545. The molecule has 0 aliphatic carbocycles. The second-order valence-corrected chi connectivity index (χ2v) is 1.74. The van der Waals surface area contributed by atoms with Gasteiger partial charge in [0.2, 0.25) is 0 Å². The Bertz CT molecular complexity index is 215. The summed E-state index contributed by atoms with van der Waals surface area (Å²) in [5, 5.41) is 16.7. The third-order valence-corrected chi connectivity index (χ3v) is 1.22. The van der Waals surface area contributed by atoms with Gasteiger partial charge in [-0.3, -0.25) is 4.90 Å². The molecule has 3 nitrogen and oxygen atoms in total. The number of rotatable bonds is 0. The van der Waals surface area contributed by atoms with Crippen LogP contribution >= 0.6 is 0 Å². The highest BCUT2D eigenvalue weighted by molar-refractivity contribution is 5.25. The van der Waals surface area contributed by atoms with Gasteiger partial charge < -0.3 is 0 Å². The fourth-order valence-electron chi connectivity index (χ4n) is 0.771. The van der Waals surface area contributed by atoms with Crippen LogP contribution in [0.15, 0.2) is 11.8 Å². The van der Waals surface area contributed by atoms with E-state index in [4.69, 9.17) is 10.5 Å². The van der Waals surface area contributed by atoms with E-state index in [9.17, 15) is 0 Å². The minimum atomic E-state index is 0.484. The molecule has 0 unspecified atom stereocenters. The van der Waals surface area contributed by atoms with Crippen molar-refractivity contribution in [3.05, 3.63) is 11.8 Å². The second-order valence-electron chi connectivity index (χ2n) is 1.74. The van der Waals surface area contributed by atoms with Crippen LogP contribution in [0.25, 0.3) is 0 Å². The Morgan fingerprint density at radius 3 is 2.78 bits per heavy atom. The molecular formula is C6H5N3. The lowest BCUT2D eigenvalue weighted by Crippen LogP contribution is -2.10. The molecule has 0 N–H and O–H groups in total. The van der Waals surface area contributed by atoms with Crippen molar-refractivity contribution in [2.75, 3.05) is 6.54 Å². The molecule has 0 aromatic carbocycles. The van der Waals surface area contributed by atoms with Gasteiger partial charge >= 0.3 is 0 Å². The van der Waals surface area contributed by atoms with Crippen molar-refractivity contribution >= 4 is 0 Å². The summed E-state index contributed by atoms with van der Waals surface area (Å²) in [5.74, 6) is 0. The van der Waals surface area contributed by atoms with E-state index in [1.165, 1.54) is 4.90 Å². The molecule has 0 aromatic heterocycles. The van der Waals surface area contributed by atoms with E-state index in [2.05, 4.69) is 0 Å². The molecule has 0 aromatic rings. The molecule has 44 valence electrons. The van der Waals surface area contributed by atoms with Gasteiger partial charge in [-0.15, -0.1) is 0 Å². The number of hydrogen-bond donors (Lipinski definition) is 0. The first-order chi connectivity index (χ1) is 4.38. The first kappa shape index (κ1) is 5.65. The molecule has 0 spiro atoms. The zero-order valence-corrected chi connectivity index (χ0v) is 4.83. The molecule has 0 saturated heterocycles. The lowest BCUT2D eigenvalue weighted by atomic mass is 10.4. The molecule has 0 radical (unpaired) electrons. The first-order valence-corrected chi connectivity index (χ1v) is 2.66. The van der Waals surface area contributed by atoms with Crippen molar-refractivity contribution in [2.24, 2.45) is 0 Å². The van der Waals surface area contributed by atoms with Crippen molar-refractivity contribution in [2.45, 2.75) is 6.42 Å². The van der Waals surface area contributed by atoms with E-state index >= 15 is 0 Å². The monoisotopic (exact) mass is 119 g/mol. The minimum absolute atomic E-state index is 0.484. The fourth-order valence-corrected chi connectivity index (χ4v) is 0.771. The van der Waals surface area contributed by atoms with E-state index in [-0.39, 0.29) is 0 Å². The summed E-state index contributed by atoms with van der Waals surface area (Å²) in [6, 6.07) is 1.93. The minimum Gasteiger partial charge on any atom is -0.270 e. The quantitative estimate of drug-likeness (QED) is 0.438. The molecule has 0 fully saturated rings. The van der Waals surface area contributed by atoms with Crippen molar-refractivity contribution in [1.29, 1.82) is 10.5 Å². The SMILES string of the molecule is N#CC1=CCCN1C#N. The van der Waals surface area contributed by atoms with Gasteiger partial charge in [-0.2, -0.15) is 10.5 Å².